The lowest BCUT2D eigenvalue weighted by molar-refractivity contribution is 0.314. The molecular formula is C22H19N3. The van der Waals surface area contributed by atoms with Crippen LogP contribution < -0.4 is 0 Å². The van der Waals surface area contributed by atoms with Crippen molar-refractivity contribution in [3.05, 3.63) is 72.1 Å². The maximum atomic E-state index is 5.09. The Morgan fingerprint density at radius 2 is 1.76 bits per heavy atom. The van der Waals surface area contributed by atoms with Gasteiger partial charge in [-0.1, -0.05) is 30.3 Å². The lowest BCUT2D eigenvalue weighted by Crippen LogP contribution is -2.27. The molecule has 0 saturated heterocycles. The summed E-state index contributed by atoms with van der Waals surface area (Å²) in [6, 6.07) is 17.1. The molecule has 2 aromatic heterocycles. The van der Waals surface area contributed by atoms with E-state index in [4.69, 9.17) is 4.98 Å². The number of hydrogen-bond donors (Lipinski definition) is 0. The van der Waals surface area contributed by atoms with Gasteiger partial charge in [-0.2, -0.15) is 0 Å². The van der Waals surface area contributed by atoms with E-state index in [0.29, 0.717) is 0 Å². The number of benzene rings is 2. The standard InChI is InChI=1S/C22H19N3/c1-25-13-10-18-19(14-25)22(16-8-11-23-12-9-16)24-20-7-6-15-4-2-3-5-17(15)21(18)20/h2-9,11-12H,10,13-14H2,1H3. The van der Waals surface area contributed by atoms with Crippen molar-refractivity contribution in [1.82, 2.24) is 14.9 Å². The zero-order valence-electron chi connectivity index (χ0n) is 14.2. The Bertz CT molecular complexity index is 1090. The van der Waals surface area contributed by atoms with E-state index >= 15 is 0 Å². The molecule has 0 N–H and O–H groups in total. The molecule has 0 bridgehead atoms. The smallest absolute Gasteiger partial charge is 0.0758 e. The average molecular weight is 325 g/mol. The SMILES string of the molecule is CN1CCc2c(c(-c3ccncc3)nc3ccc4ccccc4c23)C1. The van der Waals surface area contributed by atoms with Crippen molar-refractivity contribution in [2.75, 3.05) is 13.6 Å². The summed E-state index contributed by atoms with van der Waals surface area (Å²) in [6.45, 7) is 2.03. The van der Waals surface area contributed by atoms with E-state index in [-0.39, 0.29) is 0 Å². The zero-order valence-corrected chi connectivity index (χ0v) is 14.2. The van der Waals surface area contributed by atoms with Crippen LogP contribution in [0, 0.1) is 0 Å². The molecule has 2 aromatic carbocycles. The maximum Gasteiger partial charge on any atom is 0.0758 e. The summed E-state index contributed by atoms with van der Waals surface area (Å²) in [4.78, 5) is 11.6. The molecular weight excluding hydrogens is 306 g/mol. The monoisotopic (exact) mass is 325 g/mol. The Morgan fingerprint density at radius 3 is 2.64 bits per heavy atom. The van der Waals surface area contributed by atoms with Crippen LogP contribution in [0.4, 0.5) is 0 Å². The summed E-state index contributed by atoms with van der Waals surface area (Å²) in [6.07, 6.45) is 4.76. The minimum Gasteiger partial charge on any atom is -0.302 e. The Hall–Kier alpha value is -2.78. The van der Waals surface area contributed by atoms with Crippen LogP contribution >= 0.6 is 0 Å². The second-order valence-electron chi connectivity index (χ2n) is 6.82. The molecule has 0 atom stereocenters. The summed E-state index contributed by atoms with van der Waals surface area (Å²) >= 11 is 0. The van der Waals surface area contributed by atoms with E-state index < -0.39 is 0 Å². The van der Waals surface area contributed by atoms with Gasteiger partial charge in [0, 0.05) is 36.4 Å². The molecule has 1 aliphatic rings. The normalized spacial score (nSPS) is 14.8. The van der Waals surface area contributed by atoms with Crippen LogP contribution in [0.1, 0.15) is 11.1 Å². The number of nitrogens with zero attached hydrogens (tertiary/aromatic N) is 3. The lowest BCUT2D eigenvalue weighted by Gasteiger charge is -2.28. The van der Waals surface area contributed by atoms with E-state index in [0.717, 1.165) is 36.3 Å². The highest BCUT2D eigenvalue weighted by atomic mass is 15.1. The number of aromatic nitrogens is 2. The van der Waals surface area contributed by atoms with Gasteiger partial charge < -0.3 is 4.90 Å². The van der Waals surface area contributed by atoms with Gasteiger partial charge in [0.05, 0.1) is 11.2 Å². The van der Waals surface area contributed by atoms with Crippen molar-refractivity contribution < 1.29 is 0 Å². The fourth-order valence-corrected chi connectivity index (χ4v) is 4.00. The van der Waals surface area contributed by atoms with E-state index in [2.05, 4.69) is 65.5 Å². The molecule has 0 fully saturated rings. The van der Waals surface area contributed by atoms with Crippen molar-refractivity contribution in [3.63, 3.8) is 0 Å². The van der Waals surface area contributed by atoms with Crippen molar-refractivity contribution in [2.45, 2.75) is 13.0 Å². The van der Waals surface area contributed by atoms with Gasteiger partial charge in [-0.05, 0) is 53.6 Å². The molecule has 3 heterocycles. The number of hydrogen-bond acceptors (Lipinski definition) is 3. The van der Waals surface area contributed by atoms with E-state index in [1.54, 1.807) is 0 Å². The Labute approximate surface area is 147 Å². The van der Waals surface area contributed by atoms with Crippen LogP contribution in [0.2, 0.25) is 0 Å². The Kier molecular flexibility index (Phi) is 3.28. The van der Waals surface area contributed by atoms with Crippen molar-refractivity contribution in [3.8, 4) is 11.3 Å². The van der Waals surface area contributed by atoms with Crippen LogP contribution in [-0.2, 0) is 13.0 Å². The second kappa shape index (κ2) is 5.64. The third kappa shape index (κ3) is 2.31. The van der Waals surface area contributed by atoms with E-state index in [1.807, 2.05) is 12.4 Å². The molecule has 0 unspecified atom stereocenters. The van der Waals surface area contributed by atoms with Crippen molar-refractivity contribution >= 4 is 21.7 Å². The molecule has 122 valence electrons. The third-order valence-corrected chi connectivity index (χ3v) is 5.22. The predicted molar refractivity (Wildman–Crippen MR) is 103 cm³/mol. The fourth-order valence-electron chi connectivity index (χ4n) is 4.00. The molecule has 0 radical (unpaired) electrons. The summed E-state index contributed by atoms with van der Waals surface area (Å²) in [5.74, 6) is 0. The van der Waals surface area contributed by atoms with Crippen LogP contribution in [0.25, 0.3) is 32.9 Å². The maximum absolute atomic E-state index is 5.09. The van der Waals surface area contributed by atoms with Gasteiger partial charge in [-0.25, -0.2) is 4.98 Å². The molecule has 0 spiro atoms. The average Bonchev–Trinajstić information content (AvgIpc) is 2.67. The third-order valence-electron chi connectivity index (χ3n) is 5.22. The van der Waals surface area contributed by atoms with Crippen LogP contribution in [0.3, 0.4) is 0 Å². The van der Waals surface area contributed by atoms with Crippen LogP contribution in [0.5, 0.6) is 0 Å². The Morgan fingerprint density at radius 1 is 0.920 bits per heavy atom. The van der Waals surface area contributed by atoms with Gasteiger partial charge in [-0.3, -0.25) is 4.98 Å². The summed E-state index contributed by atoms with van der Waals surface area (Å²) in [5.41, 5.74) is 6.17. The molecule has 3 nitrogen and oxygen atoms in total. The first-order valence-electron chi connectivity index (χ1n) is 8.73. The quantitative estimate of drug-likeness (QED) is 0.485. The highest BCUT2D eigenvalue weighted by Gasteiger charge is 2.22. The molecule has 0 amide bonds. The molecule has 0 saturated carbocycles. The zero-order chi connectivity index (χ0) is 16.8. The number of fused-ring (bicyclic) bond motifs is 5. The highest BCUT2D eigenvalue weighted by molar-refractivity contribution is 6.09. The lowest BCUT2D eigenvalue weighted by atomic mass is 9.90. The minimum absolute atomic E-state index is 0.944. The number of likely N-dealkylation sites (N-methyl/N-ethyl adjacent to an activating group) is 1. The molecule has 25 heavy (non-hydrogen) atoms. The van der Waals surface area contributed by atoms with Crippen LogP contribution in [-0.4, -0.2) is 28.5 Å². The second-order valence-corrected chi connectivity index (χ2v) is 6.82. The first-order valence-corrected chi connectivity index (χ1v) is 8.73. The highest BCUT2D eigenvalue weighted by Crippen LogP contribution is 2.36. The van der Waals surface area contributed by atoms with Gasteiger partial charge in [0.25, 0.3) is 0 Å². The molecule has 4 aromatic rings. The van der Waals surface area contributed by atoms with Crippen molar-refractivity contribution in [2.24, 2.45) is 0 Å². The van der Waals surface area contributed by atoms with E-state index in [9.17, 15) is 0 Å². The summed E-state index contributed by atoms with van der Waals surface area (Å²) < 4.78 is 0. The topological polar surface area (TPSA) is 29.0 Å². The van der Waals surface area contributed by atoms with Gasteiger partial charge in [0.2, 0.25) is 0 Å². The Balaban J connectivity index is 1.91. The first-order chi connectivity index (χ1) is 12.3. The van der Waals surface area contributed by atoms with Gasteiger partial charge in [0.1, 0.15) is 0 Å². The fraction of sp³-hybridized carbons (Fsp3) is 0.182. The molecule has 3 heteroatoms. The summed E-state index contributed by atoms with van der Waals surface area (Å²) in [5, 5.41) is 3.93. The largest absolute Gasteiger partial charge is 0.302 e. The molecule has 5 rings (SSSR count). The first kappa shape index (κ1) is 14.6. The number of pyridine rings is 2. The molecule has 0 aliphatic carbocycles. The predicted octanol–water partition coefficient (Wildman–Crippen LogP) is 4.44. The summed E-state index contributed by atoms with van der Waals surface area (Å²) in [7, 11) is 2.19. The van der Waals surface area contributed by atoms with Gasteiger partial charge in [0.15, 0.2) is 0 Å². The van der Waals surface area contributed by atoms with E-state index in [1.165, 1.54) is 27.3 Å². The van der Waals surface area contributed by atoms with Gasteiger partial charge in [-0.15, -0.1) is 0 Å². The molecule has 1 aliphatic heterocycles. The van der Waals surface area contributed by atoms with Gasteiger partial charge >= 0.3 is 0 Å². The van der Waals surface area contributed by atoms with Crippen LogP contribution in [0.15, 0.2) is 60.9 Å². The minimum atomic E-state index is 0.944. The van der Waals surface area contributed by atoms with Crippen molar-refractivity contribution in [1.29, 1.82) is 0 Å². The number of rotatable bonds is 1.